The number of thiophene rings is 3. The molecule has 0 saturated carbocycles. The van der Waals surface area contributed by atoms with Crippen molar-refractivity contribution in [2.45, 2.75) is 25.2 Å². The zero-order chi connectivity index (χ0) is 20.9. The summed E-state index contributed by atoms with van der Waals surface area (Å²) in [5.74, 6) is 1.83. The van der Waals surface area contributed by atoms with Gasteiger partial charge >= 0.3 is 0 Å². The average Bonchev–Trinajstić information content (AvgIpc) is 3.49. The van der Waals surface area contributed by atoms with Crippen LogP contribution in [0.1, 0.15) is 16.7 Å². The molecule has 2 unspecified atom stereocenters. The molecule has 0 N–H and O–H groups in total. The van der Waals surface area contributed by atoms with Crippen molar-refractivity contribution in [3.63, 3.8) is 0 Å². The molecule has 0 aliphatic carbocycles. The van der Waals surface area contributed by atoms with Crippen LogP contribution in [0.3, 0.4) is 0 Å². The highest BCUT2D eigenvalue weighted by atomic mass is 79.9. The van der Waals surface area contributed by atoms with Crippen LogP contribution in [-0.4, -0.2) is 11.4 Å². The fourth-order valence-electron chi connectivity index (χ4n) is 3.70. The van der Waals surface area contributed by atoms with Gasteiger partial charge in [-0.15, -0.1) is 45.8 Å². The van der Waals surface area contributed by atoms with Crippen LogP contribution in [0.25, 0.3) is 36.1 Å². The molecule has 10 heteroatoms. The number of hydrogen-bond acceptors (Lipinski definition) is 6. The molecule has 0 fully saturated rings. The zero-order valence-electron chi connectivity index (χ0n) is 15.3. The maximum atomic E-state index is 6.33. The Morgan fingerprint density at radius 1 is 0.867 bits per heavy atom. The molecule has 2 aliphatic heterocycles. The number of aryl methyl sites for hydroxylation is 1. The van der Waals surface area contributed by atoms with Gasteiger partial charge in [0.1, 0.15) is 17.4 Å². The summed E-state index contributed by atoms with van der Waals surface area (Å²) in [6.07, 6.45) is 2.32. The smallest absolute Gasteiger partial charge is 0.161 e. The molecule has 30 heavy (non-hydrogen) atoms. The number of hydrogen-bond donors (Lipinski definition) is 0. The molecule has 0 radical (unpaired) electrons. The lowest BCUT2D eigenvalue weighted by Gasteiger charge is -2.08. The summed E-state index contributed by atoms with van der Waals surface area (Å²) >= 11 is 22.4. The number of allylic oxidation sites excluding steroid dienone is 1. The van der Waals surface area contributed by atoms with E-state index in [1.165, 1.54) is 19.2 Å². The van der Waals surface area contributed by atoms with Gasteiger partial charge in [0.05, 0.1) is 47.0 Å². The molecule has 2 aliphatic rings. The van der Waals surface area contributed by atoms with Gasteiger partial charge in [0, 0.05) is 4.88 Å². The largest absolute Gasteiger partial charge is 0.482 e. The minimum Gasteiger partial charge on any atom is -0.482 e. The van der Waals surface area contributed by atoms with E-state index in [-0.39, 0.29) is 6.10 Å². The zero-order valence-corrected chi connectivity index (χ0v) is 24.9. The summed E-state index contributed by atoms with van der Waals surface area (Å²) in [7, 11) is 0. The molecular weight excluding hydrogens is 720 g/mol. The fourth-order valence-corrected chi connectivity index (χ4v) is 11.9. The van der Waals surface area contributed by atoms with E-state index in [2.05, 4.69) is 89.7 Å². The van der Waals surface area contributed by atoms with Gasteiger partial charge in [0.25, 0.3) is 0 Å². The first kappa shape index (κ1) is 21.0. The summed E-state index contributed by atoms with van der Waals surface area (Å²) in [5.41, 5.74) is 0.934. The molecule has 6 heterocycles. The molecule has 4 aromatic rings. The van der Waals surface area contributed by atoms with Crippen LogP contribution < -0.4 is 0 Å². The van der Waals surface area contributed by atoms with Crippen molar-refractivity contribution in [1.82, 2.24) is 0 Å². The van der Waals surface area contributed by atoms with E-state index in [9.17, 15) is 0 Å². The number of fused-ring (bicyclic) bond motifs is 3. The Morgan fingerprint density at radius 2 is 1.57 bits per heavy atom. The Balaban J connectivity index is 1.46. The molecule has 0 amide bonds. The van der Waals surface area contributed by atoms with E-state index in [1.807, 2.05) is 11.8 Å². The van der Waals surface area contributed by atoms with Crippen LogP contribution in [0.15, 0.2) is 39.4 Å². The number of rotatable bonds is 2. The fraction of sp³-hybridized carbons (Fsp3) is 0.200. The third-order valence-corrected chi connectivity index (χ3v) is 14.7. The van der Waals surface area contributed by atoms with Gasteiger partial charge in [-0.3, -0.25) is 0 Å². The van der Waals surface area contributed by atoms with E-state index in [0.29, 0.717) is 5.25 Å². The van der Waals surface area contributed by atoms with Gasteiger partial charge in [-0.25, -0.2) is 0 Å². The van der Waals surface area contributed by atoms with Crippen LogP contribution in [0, 0.1) is 6.92 Å². The van der Waals surface area contributed by atoms with Crippen molar-refractivity contribution < 1.29 is 9.15 Å². The minimum absolute atomic E-state index is 0.112. The molecule has 4 aromatic heterocycles. The molecule has 0 aromatic carbocycles. The number of furan rings is 1. The summed E-state index contributed by atoms with van der Waals surface area (Å²) in [5, 5.41) is 0.321. The molecule has 2 nitrogen and oxygen atoms in total. The van der Waals surface area contributed by atoms with Crippen molar-refractivity contribution >= 4 is 135 Å². The summed E-state index contributed by atoms with van der Waals surface area (Å²) in [4.78, 5) is 4.80. The Labute approximate surface area is 222 Å². The highest BCUT2D eigenvalue weighted by Crippen LogP contribution is 2.57. The monoisotopic (exact) mass is 726 g/mol. The van der Waals surface area contributed by atoms with E-state index < -0.39 is 0 Å². The first-order valence-electron chi connectivity index (χ1n) is 8.84. The second-order valence-corrected chi connectivity index (χ2v) is 14.9. The van der Waals surface area contributed by atoms with Crippen LogP contribution in [0.4, 0.5) is 0 Å². The minimum atomic E-state index is 0.112. The SMILES string of the molecule is CC1=CC2OC(c3sc4c(Br)c(-c5oc6cc(C)sc6c5Br)sc4c3Br)=C(Br)C2S1. The predicted molar refractivity (Wildman–Crippen MR) is 146 cm³/mol. The van der Waals surface area contributed by atoms with Crippen molar-refractivity contribution in [2.75, 3.05) is 0 Å². The summed E-state index contributed by atoms with van der Waals surface area (Å²) < 4.78 is 20.4. The Kier molecular flexibility index (Phi) is 5.24. The lowest BCUT2D eigenvalue weighted by molar-refractivity contribution is 0.243. The van der Waals surface area contributed by atoms with Gasteiger partial charge in [0.2, 0.25) is 0 Å². The van der Waals surface area contributed by atoms with Crippen LogP contribution in [0.5, 0.6) is 0 Å². The molecule has 6 rings (SSSR count). The lowest BCUT2D eigenvalue weighted by Crippen LogP contribution is -2.12. The summed E-state index contributed by atoms with van der Waals surface area (Å²) in [6.45, 7) is 4.24. The first-order valence-corrected chi connectivity index (χ1v) is 15.3. The van der Waals surface area contributed by atoms with E-state index in [0.717, 1.165) is 49.5 Å². The van der Waals surface area contributed by atoms with E-state index in [4.69, 9.17) is 9.15 Å². The molecular formula is C20H10Br4O2S4. The standard InChI is InChI=1S/C20H10Br4O2S4/c1-5-3-7-15(27-5)9(21)13(25-7)17-11(23)19-20(29-17)12(24)18(30-19)14-10(22)16-8(26-14)4-6(2)28-16/h3-4,7,15H,1-2H3. The third kappa shape index (κ3) is 3.01. The van der Waals surface area contributed by atoms with Crippen LogP contribution >= 0.6 is 109 Å². The van der Waals surface area contributed by atoms with Gasteiger partial charge < -0.3 is 9.15 Å². The highest BCUT2D eigenvalue weighted by molar-refractivity contribution is 9.12. The maximum absolute atomic E-state index is 6.33. The predicted octanol–water partition coefficient (Wildman–Crippen LogP) is 10.5. The van der Waals surface area contributed by atoms with Gasteiger partial charge in [0.15, 0.2) is 5.76 Å². The Bertz CT molecular complexity index is 1430. The Morgan fingerprint density at radius 3 is 2.27 bits per heavy atom. The topological polar surface area (TPSA) is 22.4 Å². The number of ether oxygens (including phenoxy) is 1. The normalized spacial score (nSPS) is 21.2. The third-order valence-electron chi connectivity index (χ3n) is 4.99. The Hall–Kier alpha value is 0.450. The summed E-state index contributed by atoms with van der Waals surface area (Å²) in [6, 6.07) is 2.10. The van der Waals surface area contributed by atoms with E-state index in [1.54, 1.807) is 34.0 Å². The molecule has 154 valence electrons. The van der Waals surface area contributed by atoms with Crippen molar-refractivity contribution in [2.24, 2.45) is 0 Å². The van der Waals surface area contributed by atoms with Gasteiger partial charge in [-0.1, -0.05) is 15.9 Å². The highest BCUT2D eigenvalue weighted by Gasteiger charge is 2.41. The van der Waals surface area contributed by atoms with Crippen LogP contribution in [-0.2, 0) is 4.74 Å². The van der Waals surface area contributed by atoms with Crippen LogP contribution in [0.2, 0.25) is 0 Å². The lowest BCUT2D eigenvalue weighted by atomic mass is 10.2. The van der Waals surface area contributed by atoms with Crippen molar-refractivity contribution in [1.29, 1.82) is 0 Å². The van der Waals surface area contributed by atoms with Crippen molar-refractivity contribution in [3.05, 3.63) is 44.7 Å². The maximum Gasteiger partial charge on any atom is 0.161 e. The molecule has 2 atom stereocenters. The molecule has 0 saturated heterocycles. The van der Waals surface area contributed by atoms with Crippen molar-refractivity contribution in [3.8, 4) is 10.6 Å². The average molecular weight is 730 g/mol. The molecule has 0 bridgehead atoms. The van der Waals surface area contributed by atoms with Gasteiger partial charge in [-0.2, -0.15) is 0 Å². The van der Waals surface area contributed by atoms with Gasteiger partial charge in [-0.05, 0) is 78.7 Å². The van der Waals surface area contributed by atoms with E-state index >= 15 is 0 Å². The second kappa shape index (κ2) is 7.48. The first-order chi connectivity index (χ1) is 14.3. The number of thioether (sulfide) groups is 1. The quantitative estimate of drug-likeness (QED) is 0.205. The number of halogens is 4. The molecule has 0 spiro atoms. The second-order valence-electron chi connectivity index (χ2n) is 7.02.